The molecule has 0 saturated carbocycles. The quantitative estimate of drug-likeness (QED) is 0.818. The predicted molar refractivity (Wildman–Crippen MR) is 86.4 cm³/mol. The summed E-state index contributed by atoms with van der Waals surface area (Å²) in [6.07, 6.45) is 6.93. The number of hydrogen-bond donors (Lipinski definition) is 0. The third kappa shape index (κ3) is 2.52. The van der Waals surface area contributed by atoms with Crippen LogP contribution in [0.25, 0.3) is 0 Å². The number of hydrogen-bond acceptors (Lipinski definition) is 6. The van der Waals surface area contributed by atoms with E-state index in [0.717, 1.165) is 31.3 Å². The average molecular weight is 313 g/mol. The van der Waals surface area contributed by atoms with E-state index in [-0.39, 0.29) is 5.91 Å². The zero-order chi connectivity index (χ0) is 15.8. The van der Waals surface area contributed by atoms with Crippen molar-refractivity contribution in [2.45, 2.75) is 13.0 Å². The highest BCUT2D eigenvalue weighted by molar-refractivity contribution is 6.03. The molecule has 4 rings (SSSR count). The molecule has 0 unspecified atom stereocenters. The van der Waals surface area contributed by atoms with Gasteiger partial charge >= 0.3 is 0 Å². The summed E-state index contributed by atoms with van der Waals surface area (Å²) in [5.41, 5.74) is 0.610. The second-order valence-corrected chi connectivity index (χ2v) is 5.99. The van der Waals surface area contributed by atoms with Gasteiger partial charge in [-0.25, -0.2) is 4.99 Å². The smallest absolute Gasteiger partial charge is 0.257 e. The monoisotopic (exact) mass is 313 g/mol. The Labute approximate surface area is 134 Å². The maximum Gasteiger partial charge on any atom is 0.257 e. The van der Waals surface area contributed by atoms with Gasteiger partial charge in [-0.3, -0.25) is 9.79 Å². The molecule has 1 amide bonds. The van der Waals surface area contributed by atoms with Gasteiger partial charge in [0.25, 0.3) is 5.91 Å². The molecule has 0 spiro atoms. The van der Waals surface area contributed by atoms with Crippen LogP contribution < -0.4 is 0 Å². The van der Waals surface area contributed by atoms with Gasteiger partial charge < -0.3 is 19.1 Å². The summed E-state index contributed by atoms with van der Waals surface area (Å²) < 4.78 is 4.99. The molecule has 0 aliphatic carbocycles. The lowest BCUT2D eigenvalue weighted by atomic mass is 10.2. The van der Waals surface area contributed by atoms with Crippen LogP contribution in [-0.2, 0) is 0 Å². The Morgan fingerprint density at radius 3 is 2.87 bits per heavy atom. The SMILES string of the molecule is C[C@H]1CN=C2C=C(N3CCN(C(=O)c4ccoc4)CC3)N=CN21. The molecule has 3 aliphatic heterocycles. The number of carbonyl (C=O) groups excluding carboxylic acids is 1. The molecular formula is C16H19N5O2. The van der Waals surface area contributed by atoms with Gasteiger partial charge in [-0.05, 0) is 13.0 Å². The van der Waals surface area contributed by atoms with Crippen LogP contribution in [-0.4, -0.2) is 71.5 Å². The van der Waals surface area contributed by atoms with E-state index < -0.39 is 0 Å². The van der Waals surface area contributed by atoms with Crippen molar-refractivity contribution in [3.8, 4) is 0 Å². The largest absolute Gasteiger partial charge is 0.472 e. The van der Waals surface area contributed by atoms with E-state index in [2.05, 4.69) is 26.7 Å². The number of nitrogens with zero attached hydrogens (tertiary/aromatic N) is 5. The van der Waals surface area contributed by atoms with Gasteiger partial charge in [-0.15, -0.1) is 0 Å². The molecule has 1 atom stereocenters. The molecule has 1 aromatic heterocycles. The fourth-order valence-electron chi connectivity index (χ4n) is 3.07. The zero-order valence-electron chi connectivity index (χ0n) is 13.1. The molecule has 0 N–H and O–H groups in total. The van der Waals surface area contributed by atoms with Crippen molar-refractivity contribution in [3.63, 3.8) is 0 Å². The summed E-state index contributed by atoms with van der Waals surface area (Å²) in [4.78, 5) is 27.6. The van der Waals surface area contributed by atoms with Gasteiger partial charge in [0.05, 0.1) is 30.8 Å². The summed E-state index contributed by atoms with van der Waals surface area (Å²) in [7, 11) is 0. The lowest BCUT2D eigenvalue weighted by Crippen LogP contribution is -2.48. The number of amides is 1. The van der Waals surface area contributed by atoms with E-state index in [1.165, 1.54) is 12.5 Å². The van der Waals surface area contributed by atoms with Crippen molar-refractivity contribution in [1.29, 1.82) is 0 Å². The highest BCUT2D eigenvalue weighted by atomic mass is 16.3. The van der Waals surface area contributed by atoms with Gasteiger partial charge in [0, 0.05) is 32.3 Å². The molecular weight excluding hydrogens is 294 g/mol. The number of furan rings is 1. The molecule has 23 heavy (non-hydrogen) atoms. The highest BCUT2D eigenvalue weighted by Gasteiger charge is 2.28. The van der Waals surface area contributed by atoms with Crippen molar-refractivity contribution >= 4 is 18.1 Å². The standard InChI is InChI=1S/C16H19N5O2/c1-12-9-17-15-8-14(18-11-21(12)15)19-3-5-20(6-4-19)16(22)13-2-7-23-10-13/h2,7-8,10-12H,3-6,9H2,1H3/t12-/m0/s1. The fraction of sp³-hybridized carbons (Fsp3) is 0.438. The first-order valence-corrected chi connectivity index (χ1v) is 7.87. The number of carbonyl (C=O) groups is 1. The van der Waals surface area contributed by atoms with Crippen molar-refractivity contribution in [2.75, 3.05) is 32.7 Å². The summed E-state index contributed by atoms with van der Waals surface area (Å²) in [6.45, 7) is 5.87. The summed E-state index contributed by atoms with van der Waals surface area (Å²) in [6, 6.07) is 2.09. The van der Waals surface area contributed by atoms with Gasteiger partial charge in [0.15, 0.2) is 0 Å². The molecule has 3 aliphatic rings. The maximum absolute atomic E-state index is 12.3. The van der Waals surface area contributed by atoms with Crippen LogP contribution in [0.4, 0.5) is 0 Å². The van der Waals surface area contributed by atoms with E-state index in [1.54, 1.807) is 6.07 Å². The minimum absolute atomic E-state index is 0.0275. The van der Waals surface area contributed by atoms with E-state index in [0.29, 0.717) is 24.7 Å². The van der Waals surface area contributed by atoms with Crippen molar-refractivity contribution in [3.05, 3.63) is 36.1 Å². The Balaban J connectivity index is 1.40. The van der Waals surface area contributed by atoms with Crippen LogP contribution in [0, 0.1) is 0 Å². The van der Waals surface area contributed by atoms with Crippen molar-refractivity contribution < 1.29 is 9.21 Å². The van der Waals surface area contributed by atoms with Crippen LogP contribution in [0.5, 0.6) is 0 Å². The van der Waals surface area contributed by atoms with Crippen LogP contribution in [0.2, 0.25) is 0 Å². The molecule has 1 aromatic rings. The average Bonchev–Trinajstić information content (AvgIpc) is 3.24. The second-order valence-electron chi connectivity index (χ2n) is 5.99. The number of piperazine rings is 1. The van der Waals surface area contributed by atoms with Crippen LogP contribution in [0.3, 0.4) is 0 Å². The normalized spacial score (nSPS) is 23.7. The lowest BCUT2D eigenvalue weighted by Gasteiger charge is -2.37. The molecule has 4 heterocycles. The zero-order valence-corrected chi connectivity index (χ0v) is 13.1. The maximum atomic E-state index is 12.3. The molecule has 7 heteroatoms. The molecule has 1 fully saturated rings. The summed E-state index contributed by atoms with van der Waals surface area (Å²) >= 11 is 0. The number of aliphatic imine (C=N–C) groups is 2. The highest BCUT2D eigenvalue weighted by Crippen LogP contribution is 2.19. The Kier molecular flexibility index (Phi) is 3.40. The van der Waals surface area contributed by atoms with Gasteiger partial charge in [-0.2, -0.15) is 0 Å². The fourth-order valence-corrected chi connectivity index (χ4v) is 3.07. The Bertz CT molecular complexity index is 683. The molecule has 0 bridgehead atoms. The van der Waals surface area contributed by atoms with Gasteiger partial charge in [0.1, 0.15) is 17.9 Å². The minimum Gasteiger partial charge on any atom is -0.472 e. The van der Waals surface area contributed by atoms with Crippen molar-refractivity contribution in [1.82, 2.24) is 14.7 Å². The van der Waals surface area contributed by atoms with E-state index in [1.807, 2.05) is 17.3 Å². The lowest BCUT2D eigenvalue weighted by molar-refractivity contribution is 0.0667. The first-order valence-electron chi connectivity index (χ1n) is 7.87. The van der Waals surface area contributed by atoms with Crippen LogP contribution in [0.15, 0.2) is 44.9 Å². The van der Waals surface area contributed by atoms with E-state index >= 15 is 0 Å². The Hall–Kier alpha value is -2.57. The predicted octanol–water partition coefficient (Wildman–Crippen LogP) is 1.02. The van der Waals surface area contributed by atoms with Gasteiger partial charge in [0.2, 0.25) is 0 Å². The Morgan fingerprint density at radius 2 is 2.13 bits per heavy atom. The molecule has 1 saturated heterocycles. The first-order chi connectivity index (χ1) is 11.2. The third-order valence-electron chi connectivity index (χ3n) is 4.49. The number of amidine groups is 1. The van der Waals surface area contributed by atoms with Gasteiger partial charge in [-0.1, -0.05) is 0 Å². The molecule has 120 valence electrons. The van der Waals surface area contributed by atoms with E-state index in [9.17, 15) is 4.79 Å². The van der Waals surface area contributed by atoms with Crippen LogP contribution in [0.1, 0.15) is 17.3 Å². The summed E-state index contributed by atoms with van der Waals surface area (Å²) in [5.74, 6) is 1.95. The van der Waals surface area contributed by atoms with Crippen LogP contribution >= 0.6 is 0 Å². The topological polar surface area (TPSA) is 64.6 Å². The third-order valence-corrected chi connectivity index (χ3v) is 4.49. The van der Waals surface area contributed by atoms with E-state index in [4.69, 9.17) is 4.42 Å². The first kappa shape index (κ1) is 14.0. The second kappa shape index (κ2) is 5.57. The molecule has 7 nitrogen and oxygen atoms in total. The number of rotatable bonds is 2. The summed E-state index contributed by atoms with van der Waals surface area (Å²) in [5, 5.41) is 0. The minimum atomic E-state index is 0.0275. The number of fused-ring (bicyclic) bond motifs is 1. The van der Waals surface area contributed by atoms with Crippen molar-refractivity contribution in [2.24, 2.45) is 9.98 Å². The molecule has 0 aromatic carbocycles. The Morgan fingerprint density at radius 1 is 1.30 bits per heavy atom. The molecule has 0 radical (unpaired) electrons.